The van der Waals surface area contributed by atoms with Gasteiger partial charge in [-0.3, -0.25) is 0 Å². The van der Waals surface area contributed by atoms with Crippen LogP contribution in [0.1, 0.15) is 33.0 Å². The van der Waals surface area contributed by atoms with Gasteiger partial charge in [-0.2, -0.15) is 4.52 Å². The fourth-order valence-corrected chi connectivity index (χ4v) is 3.53. The molecule has 2 aromatic heterocycles. The summed E-state index contributed by atoms with van der Waals surface area (Å²) in [6.07, 6.45) is 1.05. The summed E-state index contributed by atoms with van der Waals surface area (Å²) in [5.74, 6) is 2.62. The normalized spacial score (nSPS) is 17.5. The van der Waals surface area contributed by atoms with Gasteiger partial charge in [0.05, 0.1) is 12.8 Å². The Morgan fingerprint density at radius 2 is 1.93 bits per heavy atom. The van der Waals surface area contributed by atoms with E-state index in [9.17, 15) is 0 Å². The fourth-order valence-electron chi connectivity index (χ4n) is 3.53. The zero-order valence-corrected chi connectivity index (χ0v) is 16.3. The molecule has 0 saturated carbocycles. The second-order valence-electron chi connectivity index (χ2n) is 8.01. The molecule has 1 saturated heterocycles. The third-order valence-electron chi connectivity index (χ3n) is 4.90. The maximum Gasteiger partial charge on any atom is 0.178 e. The molecule has 1 fully saturated rings. The lowest BCUT2D eigenvalue weighted by molar-refractivity contribution is 0.415. The van der Waals surface area contributed by atoms with Crippen LogP contribution in [0.2, 0.25) is 0 Å². The highest BCUT2D eigenvalue weighted by atomic mass is 16.5. The highest BCUT2D eigenvalue weighted by Crippen LogP contribution is 2.31. The predicted octanol–water partition coefficient (Wildman–Crippen LogP) is 3.12. The molecule has 1 unspecified atom stereocenters. The lowest BCUT2D eigenvalue weighted by Crippen LogP contribution is -2.27. The fraction of sp³-hybridized carbons (Fsp3) is 0.450. The first-order chi connectivity index (χ1) is 13.0. The van der Waals surface area contributed by atoms with E-state index in [-0.39, 0.29) is 5.41 Å². The molecule has 27 heavy (non-hydrogen) atoms. The van der Waals surface area contributed by atoms with Crippen molar-refractivity contribution in [2.24, 2.45) is 0 Å². The van der Waals surface area contributed by atoms with Crippen LogP contribution in [0, 0.1) is 0 Å². The van der Waals surface area contributed by atoms with Crippen LogP contribution in [0.25, 0.3) is 5.65 Å². The van der Waals surface area contributed by atoms with Crippen molar-refractivity contribution in [1.29, 1.82) is 0 Å². The molecule has 0 aliphatic carbocycles. The summed E-state index contributed by atoms with van der Waals surface area (Å²) >= 11 is 0. The number of anilines is 2. The minimum absolute atomic E-state index is 0.112. The molecule has 4 rings (SSSR count). The third-order valence-corrected chi connectivity index (χ3v) is 4.90. The van der Waals surface area contributed by atoms with E-state index in [4.69, 9.17) is 9.84 Å². The predicted molar refractivity (Wildman–Crippen MR) is 107 cm³/mol. The second kappa shape index (κ2) is 6.72. The van der Waals surface area contributed by atoms with Crippen LogP contribution in [0.4, 0.5) is 11.5 Å². The molecule has 1 aromatic carbocycles. The first-order valence-electron chi connectivity index (χ1n) is 9.33. The summed E-state index contributed by atoms with van der Waals surface area (Å²) in [4.78, 5) is 2.36. The molecule has 1 atom stereocenters. The monoisotopic (exact) mass is 366 g/mol. The number of para-hydroxylation sites is 2. The van der Waals surface area contributed by atoms with E-state index in [1.54, 1.807) is 7.11 Å². The Morgan fingerprint density at radius 3 is 2.70 bits per heavy atom. The molecule has 0 bridgehead atoms. The lowest BCUT2D eigenvalue weighted by Gasteiger charge is -2.21. The van der Waals surface area contributed by atoms with Gasteiger partial charge in [0.25, 0.3) is 0 Å². The van der Waals surface area contributed by atoms with Gasteiger partial charge in [-0.1, -0.05) is 32.9 Å². The summed E-state index contributed by atoms with van der Waals surface area (Å²) < 4.78 is 7.35. The summed E-state index contributed by atoms with van der Waals surface area (Å²) in [5, 5.41) is 16.8. The van der Waals surface area contributed by atoms with Gasteiger partial charge in [0, 0.05) is 24.5 Å². The van der Waals surface area contributed by atoms with E-state index >= 15 is 0 Å². The molecule has 0 amide bonds. The van der Waals surface area contributed by atoms with Crippen molar-refractivity contribution < 1.29 is 4.74 Å². The van der Waals surface area contributed by atoms with Gasteiger partial charge in [0.1, 0.15) is 11.6 Å². The van der Waals surface area contributed by atoms with Gasteiger partial charge in [-0.05, 0) is 30.7 Å². The van der Waals surface area contributed by atoms with Crippen LogP contribution in [-0.4, -0.2) is 46.1 Å². The topological polar surface area (TPSA) is 67.6 Å². The van der Waals surface area contributed by atoms with E-state index in [0.29, 0.717) is 6.04 Å². The Labute approximate surface area is 159 Å². The third kappa shape index (κ3) is 3.41. The lowest BCUT2D eigenvalue weighted by atomic mass is 9.96. The SMILES string of the molecule is COc1ccccc1N1CCC(Nc2ccc3nnc(C(C)(C)C)n3n2)C1. The number of nitrogens with one attached hydrogen (secondary N) is 1. The van der Waals surface area contributed by atoms with Gasteiger partial charge < -0.3 is 15.0 Å². The van der Waals surface area contributed by atoms with Crippen LogP contribution in [-0.2, 0) is 5.41 Å². The van der Waals surface area contributed by atoms with E-state index < -0.39 is 0 Å². The van der Waals surface area contributed by atoms with Crippen LogP contribution in [0.15, 0.2) is 36.4 Å². The molecule has 7 nitrogen and oxygen atoms in total. The van der Waals surface area contributed by atoms with Crippen LogP contribution >= 0.6 is 0 Å². The number of fused-ring (bicyclic) bond motifs is 1. The standard InChI is InChI=1S/C20H26N6O/c1-20(2,3)19-23-22-18-10-9-17(24-26(18)19)21-14-11-12-25(13-14)15-7-5-6-8-16(15)27-4/h5-10,14H,11-13H2,1-4H3,(H,21,24). The molecule has 3 heterocycles. The van der Waals surface area contributed by atoms with Gasteiger partial charge in [0.2, 0.25) is 0 Å². The maximum absolute atomic E-state index is 5.50. The second-order valence-corrected chi connectivity index (χ2v) is 8.01. The minimum atomic E-state index is -0.112. The molecule has 1 aliphatic rings. The minimum Gasteiger partial charge on any atom is -0.495 e. The molecule has 3 aromatic rings. The number of hydrogen-bond donors (Lipinski definition) is 1. The molecular formula is C20H26N6O. The summed E-state index contributed by atoms with van der Waals surface area (Å²) in [6.45, 7) is 8.25. The maximum atomic E-state index is 5.50. The zero-order valence-electron chi connectivity index (χ0n) is 16.3. The number of benzene rings is 1. The van der Waals surface area contributed by atoms with Crippen molar-refractivity contribution in [2.75, 3.05) is 30.4 Å². The Morgan fingerprint density at radius 1 is 1.11 bits per heavy atom. The molecule has 7 heteroatoms. The van der Waals surface area contributed by atoms with Crippen LogP contribution in [0.3, 0.4) is 0 Å². The highest BCUT2D eigenvalue weighted by molar-refractivity contribution is 5.59. The number of methoxy groups -OCH3 is 1. The van der Waals surface area contributed by atoms with Crippen LogP contribution in [0.5, 0.6) is 5.75 Å². The summed E-state index contributed by atoms with van der Waals surface area (Å²) in [6, 6.07) is 12.4. The van der Waals surface area contributed by atoms with Crippen molar-refractivity contribution in [3.63, 3.8) is 0 Å². The molecule has 0 radical (unpaired) electrons. The molecule has 1 N–H and O–H groups in total. The number of aromatic nitrogens is 4. The van der Waals surface area contributed by atoms with Gasteiger partial charge in [0.15, 0.2) is 11.5 Å². The first-order valence-corrected chi connectivity index (χ1v) is 9.33. The smallest absolute Gasteiger partial charge is 0.178 e. The largest absolute Gasteiger partial charge is 0.495 e. The number of ether oxygens (including phenoxy) is 1. The zero-order chi connectivity index (χ0) is 19.0. The van der Waals surface area contributed by atoms with E-state index in [0.717, 1.165) is 48.2 Å². The Balaban J connectivity index is 1.52. The molecular weight excluding hydrogens is 340 g/mol. The number of hydrogen-bond acceptors (Lipinski definition) is 6. The first kappa shape index (κ1) is 17.6. The van der Waals surface area contributed by atoms with Crippen molar-refractivity contribution in [3.05, 3.63) is 42.2 Å². The summed E-state index contributed by atoms with van der Waals surface area (Å²) in [7, 11) is 1.72. The van der Waals surface area contributed by atoms with Gasteiger partial charge in [-0.25, -0.2) is 0 Å². The Bertz CT molecular complexity index is 945. The van der Waals surface area contributed by atoms with E-state index in [2.05, 4.69) is 47.3 Å². The van der Waals surface area contributed by atoms with E-state index in [1.807, 2.05) is 34.8 Å². The average molecular weight is 366 g/mol. The molecule has 0 spiro atoms. The van der Waals surface area contributed by atoms with Gasteiger partial charge in [-0.15, -0.1) is 15.3 Å². The van der Waals surface area contributed by atoms with Crippen molar-refractivity contribution >= 4 is 17.2 Å². The quantitative estimate of drug-likeness (QED) is 0.765. The van der Waals surface area contributed by atoms with Gasteiger partial charge >= 0.3 is 0 Å². The van der Waals surface area contributed by atoms with Crippen molar-refractivity contribution in [3.8, 4) is 5.75 Å². The summed E-state index contributed by atoms with van der Waals surface area (Å²) in [5.41, 5.74) is 1.80. The Kier molecular flexibility index (Phi) is 4.37. The highest BCUT2D eigenvalue weighted by Gasteiger charge is 2.26. The van der Waals surface area contributed by atoms with Crippen LogP contribution < -0.4 is 15.0 Å². The molecule has 1 aliphatic heterocycles. The number of rotatable bonds is 4. The van der Waals surface area contributed by atoms with E-state index in [1.165, 1.54) is 0 Å². The Hall–Kier alpha value is -2.83. The average Bonchev–Trinajstić information content (AvgIpc) is 3.28. The van der Waals surface area contributed by atoms with Crippen molar-refractivity contribution in [1.82, 2.24) is 19.8 Å². The van der Waals surface area contributed by atoms with Crippen molar-refractivity contribution in [2.45, 2.75) is 38.6 Å². The number of nitrogens with zero attached hydrogens (tertiary/aromatic N) is 5. The molecule has 142 valence electrons.